The van der Waals surface area contributed by atoms with Crippen LogP contribution in [0.5, 0.6) is 5.75 Å². The molecule has 0 radical (unpaired) electrons. The van der Waals surface area contributed by atoms with E-state index >= 15 is 0 Å². The number of fused-ring (bicyclic) bond motifs is 1. The number of aromatic nitrogens is 2. The van der Waals surface area contributed by atoms with Crippen LogP contribution in [0.2, 0.25) is 0 Å². The molecule has 182 valence electrons. The van der Waals surface area contributed by atoms with Gasteiger partial charge in [-0.15, -0.1) is 13.2 Å². The van der Waals surface area contributed by atoms with Gasteiger partial charge < -0.3 is 15.4 Å². The first kappa shape index (κ1) is 24.2. The average molecular weight is 475 g/mol. The van der Waals surface area contributed by atoms with E-state index in [1.807, 2.05) is 24.3 Å². The topological polar surface area (TPSA) is 63.5 Å². The fraction of sp³-hybridized carbons (Fsp3) is 0.440. The first-order valence-electron chi connectivity index (χ1n) is 11.7. The molecule has 1 aliphatic rings. The first-order chi connectivity index (χ1) is 16.3. The van der Waals surface area contributed by atoms with Crippen molar-refractivity contribution in [2.45, 2.75) is 50.6 Å². The van der Waals surface area contributed by atoms with Crippen molar-refractivity contribution in [3.05, 3.63) is 54.1 Å². The number of nitrogens with one attached hydrogen (secondary N) is 3. The van der Waals surface area contributed by atoms with E-state index in [9.17, 15) is 13.2 Å². The van der Waals surface area contributed by atoms with E-state index in [-0.39, 0.29) is 5.75 Å². The minimum absolute atomic E-state index is 0.126. The number of alkyl halides is 3. The number of quaternary nitrogens is 1. The Balaban J connectivity index is 1.28. The van der Waals surface area contributed by atoms with Gasteiger partial charge in [0, 0.05) is 12.1 Å². The molecule has 0 atom stereocenters. The Morgan fingerprint density at radius 3 is 2.35 bits per heavy atom. The average Bonchev–Trinajstić information content (AvgIpc) is 2.80. The van der Waals surface area contributed by atoms with Crippen molar-refractivity contribution < 1.29 is 22.8 Å². The van der Waals surface area contributed by atoms with Gasteiger partial charge in [0.25, 0.3) is 0 Å². The van der Waals surface area contributed by atoms with Gasteiger partial charge >= 0.3 is 6.36 Å². The number of hydrogen-bond acceptors (Lipinski definition) is 5. The number of anilines is 1. The number of para-hydroxylation sites is 2. The van der Waals surface area contributed by atoms with Crippen molar-refractivity contribution in [3.63, 3.8) is 0 Å². The van der Waals surface area contributed by atoms with E-state index in [4.69, 9.17) is 9.97 Å². The van der Waals surface area contributed by atoms with Crippen LogP contribution in [0.15, 0.2) is 48.5 Å². The van der Waals surface area contributed by atoms with Gasteiger partial charge in [-0.2, -0.15) is 4.98 Å². The normalized spacial score (nSPS) is 18.9. The molecule has 1 heterocycles. The highest BCUT2D eigenvalue weighted by molar-refractivity contribution is 5.86. The van der Waals surface area contributed by atoms with Gasteiger partial charge in [-0.3, -0.25) is 4.90 Å². The van der Waals surface area contributed by atoms with Crippen molar-refractivity contribution in [2.24, 2.45) is 0 Å². The van der Waals surface area contributed by atoms with Gasteiger partial charge in [-0.25, -0.2) is 4.98 Å². The Kier molecular flexibility index (Phi) is 7.53. The second kappa shape index (κ2) is 10.6. The van der Waals surface area contributed by atoms with E-state index in [2.05, 4.69) is 29.5 Å². The first-order valence-corrected chi connectivity index (χ1v) is 11.7. The van der Waals surface area contributed by atoms with E-state index in [0.717, 1.165) is 47.3 Å². The summed E-state index contributed by atoms with van der Waals surface area (Å²) >= 11 is 0. The predicted molar refractivity (Wildman–Crippen MR) is 127 cm³/mol. The lowest BCUT2D eigenvalue weighted by atomic mass is 9.91. The molecule has 2 aromatic carbocycles. The lowest BCUT2D eigenvalue weighted by Gasteiger charge is -2.30. The van der Waals surface area contributed by atoms with Gasteiger partial charge in [0.05, 0.1) is 25.0 Å². The molecule has 0 bridgehead atoms. The molecule has 0 aliphatic heterocycles. The van der Waals surface area contributed by atoms with E-state index in [1.54, 1.807) is 18.2 Å². The quantitative estimate of drug-likeness (QED) is 0.463. The Morgan fingerprint density at radius 2 is 1.62 bits per heavy atom. The molecule has 4 rings (SSSR count). The molecule has 1 aromatic heterocycles. The van der Waals surface area contributed by atoms with Crippen molar-refractivity contribution in [3.8, 4) is 5.75 Å². The van der Waals surface area contributed by atoms with Crippen molar-refractivity contribution in [1.29, 1.82) is 0 Å². The van der Waals surface area contributed by atoms with Gasteiger partial charge in [-0.1, -0.05) is 30.3 Å². The molecule has 1 aliphatic carbocycles. The van der Waals surface area contributed by atoms with E-state index < -0.39 is 6.36 Å². The Bertz CT molecular complexity index is 1100. The zero-order valence-electron chi connectivity index (χ0n) is 19.5. The van der Waals surface area contributed by atoms with Crippen molar-refractivity contribution in [1.82, 2.24) is 15.3 Å². The number of halogens is 3. The third-order valence-corrected chi connectivity index (χ3v) is 6.16. The molecule has 3 N–H and O–H groups in total. The van der Waals surface area contributed by atoms with Crippen LogP contribution in [0.3, 0.4) is 0 Å². The molecule has 0 unspecified atom stereocenters. The van der Waals surface area contributed by atoms with Crippen molar-refractivity contribution in [2.75, 3.05) is 26.0 Å². The molecule has 0 amide bonds. The number of nitrogens with zero attached hydrogens (tertiary/aromatic N) is 2. The van der Waals surface area contributed by atoms with Crippen LogP contribution in [0.1, 0.15) is 31.2 Å². The monoisotopic (exact) mass is 474 g/mol. The molecule has 1 saturated carbocycles. The van der Waals surface area contributed by atoms with Crippen molar-refractivity contribution >= 4 is 22.7 Å². The second-order valence-corrected chi connectivity index (χ2v) is 8.97. The number of benzene rings is 2. The molecule has 1 fully saturated rings. The molecule has 3 aromatic rings. The maximum Gasteiger partial charge on any atom is 0.573 e. The summed E-state index contributed by atoms with van der Waals surface area (Å²) < 4.78 is 42.0. The van der Waals surface area contributed by atoms with Crippen LogP contribution in [0.25, 0.3) is 10.9 Å². The summed E-state index contributed by atoms with van der Waals surface area (Å²) in [5.41, 5.74) is 1.48. The second-order valence-electron chi connectivity index (χ2n) is 8.97. The van der Waals surface area contributed by atoms with E-state index in [0.29, 0.717) is 36.6 Å². The summed E-state index contributed by atoms with van der Waals surface area (Å²) in [6.07, 6.45) is -0.281. The molecule has 0 saturated heterocycles. The molecular formula is C25H31F3N5O+. The molecular weight excluding hydrogens is 443 g/mol. The fourth-order valence-electron chi connectivity index (χ4n) is 4.49. The molecule has 9 heteroatoms. The Labute approximate surface area is 197 Å². The summed E-state index contributed by atoms with van der Waals surface area (Å²) in [5, 5.41) is 8.07. The maximum atomic E-state index is 12.6. The van der Waals surface area contributed by atoms with Gasteiger partial charge in [-0.05, 0) is 62.4 Å². The Morgan fingerprint density at radius 1 is 0.941 bits per heavy atom. The van der Waals surface area contributed by atoms with Crippen LogP contribution in [0, 0.1) is 0 Å². The zero-order chi connectivity index (χ0) is 24.1. The summed E-state index contributed by atoms with van der Waals surface area (Å²) in [6, 6.07) is 15.0. The summed E-state index contributed by atoms with van der Waals surface area (Å²) in [5.74, 6) is 1.50. The molecule has 34 heavy (non-hydrogen) atoms. The van der Waals surface area contributed by atoms with Gasteiger partial charge in [0.1, 0.15) is 5.75 Å². The highest BCUT2D eigenvalue weighted by Crippen LogP contribution is 2.27. The minimum Gasteiger partial charge on any atom is -0.406 e. The van der Waals surface area contributed by atoms with Crippen LogP contribution in [-0.2, 0) is 6.42 Å². The lowest BCUT2D eigenvalue weighted by molar-refractivity contribution is -0.788. The third-order valence-electron chi connectivity index (χ3n) is 6.16. The zero-order valence-corrected chi connectivity index (χ0v) is 19.5. The summed E-state index contributed by atoms with van der Waals surface area (Å²) in [6.45, 7) is 0.601. The SMILES string of the molecule is C[NH+](C)c1nc(NC2CCC(NCCc3ccccc3OC(F)(F)F)CC2)nc2ccccc12. The standard InChI is InChI=1S/C25H30F3N5O/c1-33(2)23-20-8-4-5-9-21(20)31-24(32-23)30-19-13-11-18(12-14-19)29-16-15-17-7-3-6-10-22(17)34-25(26,27)28/h3-10,18-19,29H,11-16H2,1-2H3,(H,30,31,32)/p+1. The van der Waals surface area contributed by atoms with Crippen LogP contribution in [-0.4, -0.2) is 49.1 Å². The number of rotatable bonds is 8. The summed E-state index contributed by atoms with van der Waals surface area (Å²) in [4.78, 5) is 10.6. The third kappa shape index (κ3) is 6.36. The maximum absolute atomic E-state index is 12.6. The molecule has 0 spiro atoms. The van der Waals surface area contributed by atoms with Crippen LogP contribution >= 0.6 is 0 Å². The number of ether oxygens (including phenoxy) is 1. The smallest absolute Gasteiger partial charge is 0.406 e. The minimum atomic E-state index is -4.68. The highest BCUT2D eigenvalue weighted by Gasteiger charge is 2.32. The van der Waals surface area contributed by atoms with Gasteiger partial charge in [0.15, 0.2) is 0 Å². The largest absolute Gasteiger partial charge is 0.573 e. The predicted octanol–water partition coefficient (Wildman–Crippen LogP) is 3.86. The summed E-state index contributed by atoms with van der Waals surface area (Å²) in [7, 11) is 4.12. The van der Waals surface area contributed by atoms with Crippen LogP contribution in [0.4, 0.5) is 24.9 Å². The highest BCUT2D eigenvalue weighted by atomic mass is 19.4. The lowest BCUT2D eigenvalue weighted by Crippen LogP contribution is -3.00. The van der Waals surface area contributed by atoms with Crippen LogP contribution < -0.4 is 20.3 Å². The van der Waals surface area contributed by atoms with E-state index in [1.165, 1.54) is 6.07 Å². The fourth-order valence-corrected chi connectivity index (χ4v) is 4.49. The van der Waals surface area contributed by atoms with Gasteiger partial charge in [0.2, 0.25) is 11.8 Å². The Hall–Kier alpha value is -2.91. The molecule has 6 nitrogen and oxygen atoms in total. The number of hydrogen-bond donors (Lipinski definition) is 3.